The van der Waals surface area contributed by atoms with Crippen molar-refractivity contribution in [2.24, 2.45) is 0 Å². The molecule has 0 spiro atoms. The van der Waals surface area contributed by atoms with Crippen LogP contribution in [0.3, 0.4) is 0 Å². The fraction of sp³-hybridized carbons (Fsp3) is 0.237. The first-order valence-electron chi connectivity index (χ1n) is 15.7. The van der Waals surface area contributed by atoms with Gasteiger partial charge in [0.05, 0.1) is 18.1 Å². The van der Waals surface area contributed by atoms with Crippen LogP contribution in [0.4, 0.5) is 0 Å². The maximum Gasteiger partial charge on any atom is 0.256 e. The first-order valence-corrected chi connectivity index (χ1v) is 16.7. The second-order valence-corrected chi connectivity index (χ2v) is 13.3. The molecule has 0 saturated carbocycles. The van der Waals surface area contributed by atoms with E-state index in [4.69, 9.17) is 4.74 Å². The fourth-order valence-corrected chi connectivity index (χ4v) is 9.38. The van der Waals surface area contributed by atoms with Crippen molar-refractivity contribution in [2.45, 2.75) is 48.1 Å². The molecule has 7 nitrogen and oxygen atoms in total. The average molecular weight is 628 g/mol. The largest absolute Gasteiger partial charge is 0.497 e. The molecule has 4 heterocycles. The maximum absolute atomic E-state index is 14.7. The van der Waals surface area contributed by atoms with Crippen LogP contribution in [-0.2, 0) is 13.1 Å². The van der Waals surface area contributed by atoms with Crippen LogP contribution in [0.25, 0.3) is 11.1 Å². The van der Waals surface area contributed by atoms with Gasteiger partial charge in [-0.1, -0.05) is 103 Å². The number of methoxy groups -OCH3 is 1. The zero-order chi connectivity index (χ0) is 31.4. The van der Waals surface area contributed by atoms with E-state index in [1.807, 2.05) is 95.6 Å². The Kier molecular flexibility index (Phi) is 7.26. The van der Waals surface area contributed by atoms with Gasteiger partial charge >= 0.3 is 0 Å². The molecule has 1 aromatic heterocycles. The van der Waals surface area contributed by atoms with E-state index >= 15 is 0 Å². The molecule has 2 bridgehead atoms. The summed E-state index contributed by atoms with van der Waals surface area (Å²) in [5.41, 5.74) is 6.61. The van der Waals surface area contributed by atoms with E-state index in [0.29, 0.717) is 18.7 Å². The molecule has 0 N–H and O–H groups in total. The summed E-state index contributed by atoms with van der Waals surface area (Å²) in [6.45, 7) is 1.04. The van der Waals surface area contributed by atoms with Gasteiger partial charge < -0.3 is 9.30 Å². The minimum atomic E-state index is -1.01. The van der Waals surface area contributed by atoms with E-state index in [1.165, 1.54) is 0 Å². The molecular formula is C38H33N3O4S. The Balaban J connectivity index is 1.47. The number of fused-ring (bicyclic) bond motifs is 3. The minimum Gasteiger partial charge on any atom is -0.497 e. The number of piperidine rings is 1. The molecule has 0 amide bonds. The molecule has 4 aliphatic rings. The van der Waals surface area contributed by atoms with Crippen molar-refractivity contribution in [1.29, 1.82) is 0 Å². The summed E-state index contributed by atoms with van der Waals surface area (Å²) in [7, 11) is 1.64. The van der Waals surface area contributed by atoms with Crippen molar-refractivity contribution in [1.82, 2.24) is 9.47 Å². The zero-order valence-corrected chi connectivity index (χ0v) is 26.2. The van der Waals surface area contributed by atoms with E-state index in [2.05, 4.69) is 29.2 Å². The van der Waals surface area contributed by atoms with Gasteiger partial charge in [-0.05, 0) is 39.9 Å². The Morgan fingerprint density at radius 3 is 2.07 bits per heavy atom. The maximum atomic E-state index is 14.7. The molecular weight excluding hydrogens is 595 g/mol. The van der Waals surface area contributed by atoms with Gasteiger partial charge in [0.2, 0.25) is 6.04 Å². The highest BCUT2D eigenvalue weighted by molar-refractivity contribution is 7.99. The Bertz CT molecular complexity index is 1970. The number of thioether (sulfide) groups is 1. The van der Waals surface area contributed by atoms with Gasteiger partial charge in [0.25, 0.3) is 5.56 Å². The standard InChI is InChI=1S/C38H33N3O4S/c1-45-28-19-17-24(18-20-28)23-40-34(27-15-9-4-10-16-27)32-29(25-11-5-2-6-12-25)36(41(43)44)35(40)33-31(32)30(26-13-7-3-8-14-26)38-39(37(33)42)21-22-46-38/h2-20,29,32,34-36H,21-23H2,1H3/t29-,32+,34-,35+,36+/m0/s1. The summed E-state index contributed by atoms with van der Waals surface area (Å²) < 4.78 is 7.30. The number of nitrogens with zero attached hydrogens (tertiary/aromatic N) is 3. The number of hydrogen-bond acceptors (Lipinski definition) is 6. The van der Waals surface area contributed by atoms with E-state index < -0.39 is 18.0 Å². The van der Waals surface area contributed by atoms with Crippen molar-refractivity contribution in [3.8, 4) is 16.9 Å². The lowest BCUT2D eigenvalue weighted by atomic mass is 9.58. The molecule has 1 aliphatic carbocycles. The number of pyridine rings is 1. The summed E-state index contributed by atoms with van der Waals surface area (Å²) in [4.78, 5) is 30.2. The smallest absolute Gasteiger partial charge is 0.256 e. The lowest BCUT2D eigenvalue weighted by Crippen LogP contribution is -2.59. The first-order chi connectivity index (χ1) is 22.6. The summed E-state index contributed by atoms with van der Waals surface area (Å²) in [5.74, 6) is 0.752. The van der Waals surface area contributed by atoms with E-state index in [-0.39, 0.29) is 22.4 Å². The molecule has 5 atom stereocenters. The zero-order valence-electron chi connectivity index (χ0n) is 25.4. The van der Waals surface area contributed by atoms with Gasteiger partial charge in [0, 0.05) is 46.9 Å². The lowest BCUT2D eigenvalue weighted by Gasteiger charge is -2.56. The molecule has 4 aromatic carbocycles. The normalized spacial score (nSPS) is 23.1. The van der Waals surface area contributed by atoms with Crippen LogP contribution in [0.1, 0.15) is 51.7 Å². The van der Waals surface area contributed by atoms with E-state index in [9.17, 15) is 14.9 Å². The van der Waals surface area contributed by atoms with Gasteiger partial charge in [-0.3, -0.25) is 19.8 Å². The van der Waals surface area contributed by atoms with E-state index in [1.54, 1.807) is 18.9 Å². The molecule has 0 unspecified atom stereocenters. The van der Waals surface area contributed by atoms with E-state index in [0.717, 1.165) is 49.9 Å². The topological polar surface area (TPSA) is 77.6 Å². The van der Waals surface area contributed by atoms with Crippen molar-refractivity contribution < 1.29 is 9.66 Å². The molecule has 9 rings (SSSR count). The number of nitro groups is 1. The minimum absolute atomic E-state index is 0.0886. The number of benzene rings is 4. The van der Waals surface area contributed by atoms with Crippen LogP contribution in [0.5, 0.6) is 5.75 Å². The van der Waals surface area contributed by atoms with Crippen molar-refractivity contribution in [3.63, 3.8) is 0 Å². The first kappa shape index (κ1) is 28.8. The average Bonchev–Trinajstić information content (AvgIpc) is 3.60. The lowest BCUT2D eigenvalue weighted by molar-refractivity contribution is -0.544. The molecule has 1 saturated heterocycles. The van der Waals surface area contributed by atoms with Crippen molar-refractivity contribution >= 4 is 11.8 Å². The van der Waals surface area contributed by atoms with Crippen LogP contribution in [0.15, 0.2) is 125 Å². The predicted octanol–water partition coefficient (Wildman–Crippen LogP) is 7.45. The Morgan fingerprint density at radius 2 is 1.43 bits per heavy atom. The monoisotopic (exact) mass is 627 g/mol. The Labute approximate surface area is 271 Å². The Morgan fingerprint density at radius 1 is 0.804 bits per heavy atom. The Hall–Kier alpha value is -4.66. The molecule has 1 fully saturated rings. The third-order valence-corrected chi connectivity index (χ3v) is 11.1. The second kappa shape index (κ2) is 11.6. The quantitative estimate of drug-likeness (QED) is 0.138. The number of aromatic nitrogens is 1. The fourth-order valence-electron chi connectivity index (χ4n) is 8.21. The summed E-state index contributed by atoms with van der Waals surface area (Å²) in [6, 6.07) is 36.5. The highest BCUT2D eigenvalue weighted by Gasteiger charge is 2.63. The van der Waals surface area contributed by atoms with Crippen LogP contribution < -0.4 is 10.3 Å². The highest BCUT2D eigenvalue weighted by Crippen LogP contribution is 2.64. The SMILES string of the molecule is COc1ccc(CN2[C@@H]3c4c(c(-c5ccccc5)c5n(c4=O)CCS5)[C@@H]([C@H](c4ccccc4)[C@H]3[N+](=O)[O-])[C@@H]2c2ccccc2)cc1. The van der Waals surface area contributed by atoms with Crippen LogP contribution >= 0.6 is 11.8 Å². The third kappa shape index (κ3) is 4.50. The number of rotatable bonds is 7. The van der Waals surface area contributed by atoms with Gasteiger partial charge in [-0.25, -0.2) is 0 Å². The van der Waals surface area contributed by atoms with Gasteiger partial charge in [0.15, 0.2) is 0 Å². The third-order valence-electron chi connectivity index (χ3n) is 9.97. The van der Waals surface area contributed by atoms with Gasteiger partial charge in [0.1, 0.15) is 11.8 Å². The molecule has 230 valence electrons. The molecule has 3 aliphatic heterocycles. The van der Waals surface area contributed by atoms with Crippen LogP contribution in [-0.4, -0.2) is 33.3 Å². The summed E-state index contributed by atoms with van der Waals surface area (Å²) in [5, 5.41) is 14.4. The number of hydrogen-bond donors (Lipinski definition) is 0. The molecule has 5 aromatic rings. The second-order valence-electron chi connectivity index (χ2n) is 12.2. The predicted molar refractivity (Wildman–Crippen MR) is 180 cm³/mol. The summed E-state index contributed by atoms with van der Waals surface area (Å²) in [6.07, 6.45) is 0. The van der Waals surface area contributed by atoms with Gasteiger partial charge in [-0.15, -0.1) is 11.8 Å². The van der Waals surface area contributed by atoms with Crippen molar-refractivity contribution in [3.05, 3.63) is 164 Å². The molecule has 46 heavy (non-hydrogen) atoms. The number of ether oxygens (including phenoxy) is 1. The highest BCUT2D eigenvalue weighted by atomic mass is 32.2. The van der Waals surface area contributed by atoms with Crippen LogP contribution in [0.2, 0.25) is 0 Å². The summed E-state index contributed by atoms with van der Waals surface area (Å²) >= 11 is 1.72. The molecule has 8 heteroatoms. The van der Waals surface area contributed by atoms with Gasteiger partial charge in [-0.2, -0.15) is 0 Å². The van der Waals surface area contributed by atoms with Crippen molar-refractivity contribution in [2.75, 3.05) is 12.9 Å². The molecule has 0 radical (unpaired) electrons. The van der Waals surface area contributed by atoms with Crippen LogP contribution in [0, 0.1) is 10.1 Å².